The topological polar surface area (TPSA) is 56.3 Å². The minimum absolute atomic E-state index is 0.276. The number of anilines is 1. The molecule has 5 rings (SSSR count). The first kappa shape index (κ1) is 18.4. The summed E-state index contributed by atoms with van der Waals surface area (Å²) in [6, 6.07) is 20.6. The third-order valence-electron chi connectivity index (χ3n) is 5.46. The van der Waals surface area contributed by atoms with E-state index in [0.29, 0.717) is 21.8 Å². The molecule has 29 heavy (non-hydrogen) atoms. The molecule has 3 aromatic carbocycles. The number of aliphatic hydroxyl groups is 1. The minimum Gasteiger partial charge on any atom is -0.372 e. The van der Waals surface area contributed by atoms with Gasteiger partial charge in [-0.2, -0.15) is 0 Å². The summed E-state index contributed by atoms with van der Waals surface area (Å²) in [5, 5.41) is 13.2. The Morgan fingerprint density at radius 2 is 1.79 bits per heavy atom. The van der Waals surface area contributed by atoms with Crippen molar-refractivity contribution in [3.8, 4) is 0 Å². The Bertz CT molecular complexity index is 1270. The largest absolute Gasteiger partial charge is 0.372 e. The lowest BCUT2D eigenvalue weighted by Crippen LogP contribution is -2.40. The van der Waals surface area contributed by atoms with Gasteiger partial charge in [-0.1, -0.05) is 63.9 Å². The molecule has 0 spiro atoms. The number of H-pyrrole nitrogens is 1. The van der Waals surface area contributed by atoms with Crippen LogP contribution in [0.15, 0.2) is 77.4 Å². The van der Waals surface area contributed by atoms with Crippen LogP contribution >= 0.6 is 27.5 Å². The highest BCUT2D eigenvalue weighted by Crippen LogP contribution is 2.47. The monoisotopic (exact) mass is 466 g/mol. The van der Waals surface area contributed by atoms with Gasteiger partial charge in [0.15, 0.2) is 5.60 Å². The number of fused-ring (bicyclic) bond motifs is 2. The van der Waals surface area contributed by atoms with E-state index >= 15 is 0 Å². The molecule has 1 atom stereocenters. The molecule has 0 unspecified atom stereocenters. The Morgan fingerprint density at radius 3 is 2.62 bits per heavy atom. The van der Waals surface area contributed by atoms with Crippen LogP contribution in [0, 0.1) is 0 Å². The highest BCUT2D eigenvalue weighted by atomic mass is 79.9. The average Bonchev–Trinajstić information content (AvgIpc) is 3.24. The van der Waals surface area contributed by atoms with E-state index in [2.05, 4.69) is 20.9 Å². The predicted octanol–water partition coefficient (Wildman–Crippen LogP) is 5.37. The highest BCUT2D eigenvalue weighted by molar-refractivity contribution is 9.10. The van der Waals surface area contributed by atoms with Crippen molar-refractivity contribution in [1.29, 1.82) is 0 Å². The SMILES string of the molecule is O=C1N(Cc2ccccc2Cl)c2ccc(Br)cc2[C@]1(O)c1c[nH]c2ccccc12. The lowest BCUT2D eigenvalue weighted by Gasteiger charge is -2.23. The standard InChI is InChI=1S/C23H16BrClN2O2/c24-15-9-10-21-17(11-15)23(29,18-12-26-20-8-4-2-6-16(18)20)22(28)27(21)13-14-5-1-3-7-19(14)25/h1-12,26,29H,13H2/t23-/m0/s1. The van der Waals surface area contributed by atoms with Crippen molar-refractivity contribution in [3.63, 3.8) is 0 Å². The van der Waals surface area contributed by atoms with Crippen LogP contribution < -0.4 is 4.90 Å². The fourth-order valence-corrected chi connectivity index (χ4v) is 4.60. The number of benzene rings is 3. The van der Waals surface area contributed by atoms with Crippen LogP contribution in [0.2, 0.25) is 5.02 Å². The van der Waals surface area contributed by atoms with Gasteiger partial charge in [0.2, 0.25) is 0 Å². The van der Waals surface area contributed by atoms with Crippen LogP contribution in [-0.2, 0) is 16.9 Å². The molecule has 1 amide bonds. The minimum atomic E-state index is -1.79. The lowest BCUT2D eigenvalue weighted by atomic mass is 9.87. The third kappa shape index (κ3) is 2.73. The van der Waals surface area contributed by atoms with E-state index in [4.69, 9.17) is 11.6 Å². The molecule has 2 N–H and O–H groups in total. The third-order valence-corrected chi connectivity index (χ3v) is 6.32. The Morgan fingerprint density at radius 1 is 1.03 bits per heavy atom. The van der Waals surface area contributed by atoms with E-state index in [9.17, 15) is 9.90 Å². The molecular weight excluding hydrogens is 452 g/mol. The second kappa shape index (κ2) is 6.73. The number of halogens is 2. The number of amides is 1. The van der Waals surface area contributed by atoms with Crippen LogP contribution in [0.4, 0.5) is 5.69 Å². The zero-order valence-corrected chi connectivity index (χ0v) is 17.5. The average molecular weight is 468 g/mol. The van der Waals surface area contributed by atoms with Crippen LogP contribution in [0.1, 0.15) is 16.7 Å². The quantitative estimate of drug-likeness (QED) is 0.426. The summed E-state index contributed by atoms with van der Waals surface area (Å²) >= 11 is 9.82. The van der Waals surface area contributed by atoms with Crippen molar-refractivity contribution in [1.82, 2.24) is 4.98 Å². The smallest absolute Gasteiger partial charge is 0.268 e. The Hall–Kier alpha value is -2.60. The van der Waals surface area contributed by atoms with E-state index in [-0.39, 0.29) is 6.54 Å². The number of carbonyl (C=O) groups is 1. The normalized spacial score (nSPS) is 18.4. The second-order valence-electron chi connectivity index (χ2n) is 7.10. The Labute approximate surface area is 180 Å². The molecule has 0 radical (unpaired) electrons. The van der Waals surface area contributed by atoms with Gasteiger partial charge in [-0.3, -0.25) is 4.79 Å². The van der Waals surface area contributed by atoms with Gasteiger partial charge in [0.25, 0.3) is 5.91 Å². The zero-order chi connectivity index (χ0) is 20.2. The molecule has 0 saturated carbocycles. The van der Waals surface area contributed by atoms with Gasteiger partial charge in [-0.25, -0.2) is 0 Å². The molecule has 0 bridgehead atoms. The maximum Gasteiger partial charge on any atom is 0.268 e. The fraction of sp³-hybridized carbons (Fsp3) is 0.0870. The summed E-state index contributed by atoms with van der Waals surface area (Å²) in [6.07, 6.45) is 1.71. The van der Waals surface area contributed by atoms with Gasteiger partial charge in [-0.05, 0) is 35.9 Å². The highest BCUT2D eigenvalue weighted by Gasteiger charge is 2.52. The summed E-state index contributed by atoms with van der Waals surface area (Å²) in [6.45, 7) is 0.276. The van der Waals surface area contributed by atoms with Gasteiger partial charge >= 0.3 is 0 Å². The van der Waals surface area contributed by atoms with Crippen molar-refractivity contribution < 1.29 is 9.90 Å². The number of aromatic nitrogens is 1. The molecule has 0 aliphatic carbocycles. The van der Waals surface area contributed by atoms with E-state index in [1.807, 2.05) is 60.7 Å². The molecule has 6 heteroatoms. The first-order valence-electron chi connectivity index (χ1n) is 9.14. The van der Waals surface area contributed by atoms with Crippen molar-refractivity contribution in [2.45, 2.75) is 12.1 Å². The van der Waals surface area contributed by atoms with Crippen molar-refractivity contribution >= 4 is 50.0 Å². The number of rotatable bonds is 3. The van der Waals surface area contributed by atoms with E-state index in [0.717, 1.165) is 20.9 Å². The molecule has 1 aliphatic rings. The summed E-state index contributed by atoms with van der Waals surface area (Å²) in [4.78, 5) is 18.4. The first-order valence-corrected chi connectivity index (χ1v) is 10.3. The summed E-state index contributed by atoms with van der Waals surface area (Å²) in [5.74, 6) is -0.393. The predicted molar refractivity (Wildman–Crippen MR) is 118 cm³/mol. The number of nitrogens with zero attached hydrogens (tertiary/aromatic N) is 1. The molecule has 1 aliphatic heterocycles. The maximum absolute atomic E-state index is 13.7. The molecular formula is C23H16BrClN2O2. The van der Waals surface area contributed by atoms with Gasteiger partial charge in [-0.15, -0.1) is 0 Å². The molecule has 4 aromatic rings. The van der Waals surface area contributed by atoms with Crippen LogP contribution in [0.5, 0.6) is 0 Å². The molecule has 2 heterocycles. The number of carbonyl (C=O) groups excluding carboxylic acids is 1. The van der Waals surface area contributed by atoms with Gasteiger partial charge < -0.3 is 15.0 Å². The summed E-state index contributed by atoms with van der Waals surface area (Å²) < 4.78 is 0.793. The molecule has 0 fully saturated rings. The zero-order valence-electron chi connectivity index (χ0n) is 15.2. The van der Waals surface area contributed by atoms with Gasteiger partial charge in [0, 0.05) is 37.7 Å². The molecule has 4 nitrogen and oxygen atoms in total. The van der Waals surface area contributed by atoms with Crippen LogP contribution in [0.25, 0.3) is 10.9 Å². The Kier molecular flexibility index (Phi) is 4.28. The first-order chi connectivity index (χ1) is 14.0. The number of nitrogens with one attached hydrogen (secondary N) is 1. The molecule has 144 valence electrons. The van der Waals surface area contributed by atoms with Gasteiger partial charge in [0.05, 0.1) is 12.2 Å². The van der Waals surface area contributed by atoms with E-state index < -0.39 is 11.5 Å². The summed E-state index contributed by atoms with van der Waals surface area (Å²) in [7, 11) is 0. The summed E-state index contributed by atoms with van der Waals surface area (Å²) in [5.41, 5.74) is 1.66. The maximum atomic E-state index is 13.7. The molecule has 1 aromatic heterocycles. The number of para-hydroxylation sites is 1. The molecule has 0 saturated heterocycles. The number of hydrogen-bond acceptors (Lipinski definition) is 2. The van der Waals surface area contributed by atoms with Crippen molar-refractivity contribution in [2.24, 2.45) is 0 Å². The number of hydrogen-bond donors (Lipinski definition) is 2. The fourth-order valence-electron chi connectivity index (χ4n) is 4.04. The van der Waals surface area contributed by atoms with E-state index in [1.165, 1.54) is 0 Å². The Balaban J connectivity index is 1.70. The van der Waals surface area contributed by atoms with Crippen LogP contribution in [-0.4, -0.2) is 16.0 Å². The van der Waals surface area contributed by atoms with Crippen molar-refractivity contribution in [3.05, 3.63) is 99.1 Å². The van der Waals surface area contributed by atoms with E-state index in [1.54, 1.807) is 17.2 Å². The van der Waals surface area contributed by atoms with Crippen LogP contribution in [0.3, 0.4) is 0 Å². The van der Waals surface area contributed by atoms with Crippen molar-refractivity contribution in [2.75, 3.05) is 4.90 Å². The lowest BCUT2D eigenvalue weighted by molar-refractivity contribution is -0.132. The van der Waals surface area contributed by atoms with Gasteiger partial charge in [0.1, 0.15) is 0 Å². The second-order valence-corrected chi connectivity index (χ2v) is 8.43. The number of aromatic amines is 1.